The molecule has 1 heterocycles. The second kappa shape index (κ2) is 8.35. The maximum Gasteiger partial charge on any atom is 0.191 e. The van der Waals surface area contributed by atoms with E-state index in [1.807, 2.05) is 7.05 Å². The van der Waals surface area contributed by atoms with Gasteiger partial charge in [-0.05, 0) is 31.2 Å². The molecule has 0 amide bonds. The second-order valence-corrected chi connectivity index (χ2v) is 5.82. The van der Waals surface area contributed by atoms with Crippen LogP contribution >= 0.6 is 0 Å². The van der Waals surface area contributed by atoms with Crippen molar-refractivity contribution in [3.63, 3.8) is 0 Å². The van der Waals surface area contributed by atoms with E-state index in [2.05, 4.69) is 41.3 Å². The summed E-state index contributed by atoms with van der Waals surface area (Å²) in [6.45, 7) is 12.3. The number of hydrogen-bond donors (Lipinski definition) is 2. The van der Waals surface area contributed by atoms with Crippen molar-refractivity contribution >= 4 is 5.96 Å². The highest BCUT2D eigenvalue weighted by molar-refractivity contribution is 5.79. The molecule has 18 heavy (non-hydrogen) atoms. The fourth-order valence-electron chi connectivity index (χ4n) is 2.34. The van der Waals surface area contributed by atoms with E-state index in [9.17, 15) is 0 Å². The Bertz CT molecular complexity index is 250. The Labute approximate surface area is 112 Å². The summed E-state index contributed by atoms with van der Waals surface area (Å²) in [5.41, 5.74) is 0. The van der Waals surface area contributed by atoms with Crippen LogP contribution in [-0.4, -0.2) is 50.6 Å². The van der Waals surface area contributed by atoms with E-state index in [1.54, 1.807) is 0 Å². The van der Waals surface area contributed by atoms with E-state index in [4.69, 9.17) is 0 Å². The van der Waals surface area contributed by atoms with Gasteiger partial charge in [0.1, 0.15) is 0 Å². The molecule has 4 nitrogen and oxygen atoms in total. The first-order valence-corrected chi connectivity index (χ1v) is 7.28. The molecule has 1 atom stereocenters. The number of nitrogens with zero attached hydrogens (tertiary/aromatic N) is 2. The number of nitrogens with one attached hydrogen (secondary N) is 2. The topological polar surface area (TPSA) is 39.7 Å². The molecule has 0 saturated carbocycles. The van der Waals surface area contributed by atoms with Gasteiger partial charge in [0.25, 0.3) is 0 Å². The van der Waals surface area contributed by atoms with Gasteiger partial charge in [-0.3, -0.25) is 4.99 Å². The number of aliphatic imine (C=N–C) groups is 1. The highest BCUT2D eigenvalue weighted by Gasteiger charge is 2.15. The van der Waals surface area contributed by atoms with E-state index in [0.717, 1.165) is 31.5 Å². The van der Waals surface area contributed by atoms with Gasteiger partial charge in [0.2, 0.25) is 0 Å². The van der Waals surface area contributed by atoms with Crippen molar-refractivity contribution in [2.24, 2.45) is 16.8 Å². The van der Waals surface area contributed by atoms with E-state index in [-0.39, 0.29) is 0 Å². The molecule has 0 radical (unpaired) electrons. The van der Waals surface area contributed by atoms with E-state index in [0.29, 0.717) is 5.92 Å². The predicted molar refractivity (Wildman–Crippen MR) is 79.0 cm³/mol. The van der Waals surface area contributed by atoms with E-state index < -0.39 is 0 Å². The lowest BCUT2D eigenvalue weighted by Crippen LogP contribution is -2.44. The van der Waals surface area contributed by atoms with Crippen LogP contribution in [0, 0.1) is 11.8 Å². The maximum atomic E-state index is 4.23. The number of guanidine groups is 1. The summed E-state index contributed by atoms with van der Waals surface area (Å²) in [6.07, 6.45) is 2.74. The molecule has 106 valence electrons. The van der Waals surface area contributed by atoms with Gasteiger partial charge in [0.05, 0.1) is 0 Å². The minimum atomic E-state index is 0.645. The van der Waals surface area contributed by atoms with Crippen LogP contribution in [0.5, 0.6) is 0 Å². The van der Waals surface area contributed by atoms with Crippen molar-refractivity contribution in [1.82, 2.24) is 15.5 Å². The molecule has 1 rings (SSSR count). The lowest BCUT2D eigenvalue weighted by molar-refractivity contribution is 0.187. The first kappa shape index (κ1) is 15.3. The van der Waals surface area contributed by atoms with Crippen LogP contribution in [0.15, 0.2) is 4.99 Å². The Morgan fingerprint density at radius 1 is 1.39 bits per heavy atom. The summed E-state index contributed by atoms with van der Waals surface area (Å²) in [5, 5.41) is 6.72. The molecule has 0 aromatic rings. The summed E-state index contributed by atoms with van der Waals surface area (Å²) < 4.78 is 0. The molecule has 0 bridgehead atoms. The average Bonchev–Trinajstić information content (AvgIpc) is 2.33. The fraction of sp³-hybridized carbons (Fsp3) is 0.929. The quantitative estimate of drug-likeness (QED) is 0.577. The fourth-order valence-corrected chi connectivity index (χ4v) is 2.34. The number of rotatable bonds is 5. The van der Waals surface area contributed by atoms with Crippen LogP contribution in [0.25, 0.3) is 0 Å². The van der Waals surface area contributed by atoms with Gasteiger partial charge in [-0.1, -0.05) is 20.8 Å². The van der Waals surface area contributed by atoms with Crippen LogP contribution in [0.3, 0.4) is 0 Å². The van der Waals surface area contributed by atoms with Crippen molar-refractivity contribution < 1.29 is 0 Å². The zero-order valence-corrected chi connectivity index (χ0v) is 12.5. The first-order valence-electron chi connectivity index (χ1n) is 7.28. The molecule has 1 aliphatic rings. The van der Waals surface area contributed by atoms with Crippen LogP contribution in [0.1, 0.15) is 33.6 Å². The number of likely N-dealkylation sites (tertiary alicyclic amines) is 1. The molecule has 1 saturated heterocycles. The molecule has 1 aliphatic heterocycles. The van der Waals surface area contributed by atoms with Crippen molar-refractivity contribution in [1.29, 1.82) is 0 Å². The first-order chi connectivity index (χ1) is 8.61. The molecule has 0 aliphatic carbocycles. The largest absolute Gasteiger partial charge is 0.356 e. The van der Waals surface area contributed by atoms with Crippen LogP contribution < -0.4 is 10.6 Å². The number of hydrogen-bond acceptors (Lipinski definition) is 2. The van der Waals surface area contributed by atoms with Gasteiger partial charge >= 0.3 is 0 Å². The normalized spacial score (nSPS) is 22.3. The van der Waals surface area contributed by atoms with Gasteiger partial charge in [-0.25, -0.2) is 0 Å². The predicted octanol–water partition coefficient (Wildman–Crippen LogP) is 1.54. The summed E-state index contributed by atoms with van der Waals surface area (Å²) >= 11 is 0. The third-order valence-corrected chi connectivity index (χ3v) is 3.36. The Morgan fingerprint density at radius 3 is 2.78 bits per heavy atom. The Hall–Kier alpha value is -0.770. The molecule has 1 fully saturated rings. The van der Waals surface area contributed by atoms with Gasteiger partial charge in [0, 0.05) is 33.2 Å². The van der Waals surface area contributed by atoms with Crippen molar-refractivity contribution in [2.75, 3.05) is 39.8 Å². The second-order valence-electron chi connectivity index (χ2n) is 5.82. The Morgan fingerprint density at radius 2 is 2.17 bits per heavy atom. The third-order valence-electron chi connectivity index (χ3n) is 3.36. The molecule has 1 unspecified atom stereocenters. The molecular weight excluding hydrogens is 224 g/mol. The van der Waals surface area contributed by atoms with E-state index in [1.165, 1.54) is 25.9 Å². The SMILES string of the molecule is CN=C(NCCN1CCCC(C)C1)NCC(C)C. The van der Waals surface area contributed by atoms with Gasteiger partial charge < -0.3 is 15.5 Å². The summed E-state index contributed by atoms with van der Waals surface area (Å²) in [4.78, 5) is 6.79. The van der Waals surface area contributed by atoms with Crippen molar-refractivity contribution in [3.8, 4) is 0 Å². The minimum absolute atomic E-state index is 0.645. The molecule has 0 spiro atoms. The number of piperidine rings is 1. The molecule has 0 aromatic carbocycles. The zero-order valence-electron chi connectivity index (χ0n) is 12.5. The zero-order chi connectivity index (χ0) is 13.4. The third kappa shape index (κ3) is 6.24. The smallest absolute Gasteiger partial charge is 0.191 e. The average molecular weight is 254 g/mol. The van der Waals surface area contributed by atoms with Gasteiger partial charge in [0.15, 0.2) is 5.96 Å². The van der Waals surface area contributed by atoms with Crippen LogP contribution in [0.2, 0.25) is 0 Å². The standard InChI is InChI=1S/C14H30N4/c1-12(2)10-17-14(15-4)16-7-9-18-8-5-6-13(3)11-18/h12-13H,5-11H2,1-4H3,(H2,15,16,17). The molecule has 0 aromatic heterocycles. The lowest BCUT2D eigenvalue weighted by atomic mass is 10.0. The Kier molecular flexibility index (Phi) is 7.09. The van der Waals surface area contributed by atoms with E-state index >= 15 is 0 Å². The minimum Gasteiger partial charge on any atom is -0.356 e. The van der Waals surface area contributed by atoms with Crippen molar-refractivity contribution in [3.05, 3.63) is 0 Å². The molecule has 4 heteroatoms. The van der Waals surface area contributed by atoms with Gasteiger partial charge in [-0.15, -0.1) is 0 Å². The maximum absolute atomic E-state index is 4.23. The molecule has 2 N–H and O–H groups in total. The van der Waals surface area contributed by atoms with Gasteiger partial charge in [-0.2, -0.15) is 0 Å². The van der Waals surface area contributed by atoms with Crippen molar-refractivity contribution in [2.45, 2.75) is 33.6 Å². The highest BCUT2D eigenvalue weighted by Crippen LogP contribution is 2.14. The summed E-state index contributed by atoms with van der Waals surface area (Å²) in [5.74, 6) is 2.43. The van der Waals surface area contributed by atoms with Crippen LogP contribution in [-0.2, 0) is 0 Å². The monoisotopic (exact) mass is 254 g/mol. The van der Waals surface area contributed by atoms with Crippen LogP contribution in [0.4, 0.5) is 0 Å². The lowest BCUT2D eigenvalue weighted by Gasteiger charge is -2.30. The highest BCUT2D eigenvalue weighted by atomic mass is 15.2. The summed E-state index contributed by atoms with van der Waals surface area (Å²) in [7, 11) is 1.83. The Balaban J connectivity index is 2.15. The molecular formula is C14H30N4. The summed E-state index contributed by atoms with van der Waals surface area (Å²) in [6, 6.07) is 0.